The molecule has 1 aromatic heterocycles. The van der Waals surface area contributed by atoms with Gasteiger partial charge in [-0.05, 0) is 78.4 Å². The molecule has 10 heteroatoms. The second-order valence-corrected chi connectivity index (χ2v) is 13.6. The third kappa shape index (κ3) is 6.23. The van der Waals surface area contributed by atoms with E-state index < -0.39 is 21.4 Å². The van der Waals surface area contributed by atoms with E-state index in [4.69, 9.17) is 8.60 Å². The molecule has 7 aromatic carbocycles. The van der Waals surface area contributed by atoms with Crippen molar-refractivity contribution in [2.75, 3.05) is 9.80 Å². The summed E-state index contributed by atoms with van der Waals surface area (Å²) in [4.78, 5) is 3.99. The first kappa shape index (κ1) is 33.6. The van der Waals surface area contributed by atoms with Crippen LogP contribution in [0.3, 0.4) is 0 Å². The molecular weight excluding hydrogens is 698 g/mol. The average molecular weight is 727 g/mol. The molecule has 8 rings (SSSR count). The number of rotatable bonds is 9. The molecule has 0 aliphatic heterocycles. The van der Waals surface area contributed by atoms with Crippen LogP contribution >= 0.6 is 0 Å². The van der Waals surface area contributed by atoms with E-state index in [1.165, 1.54) is 6.07 Å². The summed E-state index contributed by atoms with van der Waals surface area (Å²) in [6, 6.07) is 54.3. The van der Waals surface area contributed by atoms with Gasteiger partial charge in [-0.1, -0.05) is 103 Å². The van der Waals surface area contributed by atoms with Crippen molar-refractivity contribution in [1.29, 1.82) is 0 Å². The molecule has 0 saturated carbocycles. The average Bonchev–Trinajstić information content (AvgIpc) is 3.59. The van der Waals surface area contributed by atoms with Crippen molar-refractivity contribution in [3.05, 3.63) is 176 Å². The lowest BCUT2D eigenvalue weighted by Gasteiger charge is -2.28. The molecule has 0 bridgehead atoms. The van der Waals surface area contributed by atoms with Gasteiger partial charge in [0.1, 0.15) is 5.58 Å². The first-order valence-corrected chi connectivity index (χ1v) is 18.0. The number of hydrogen-bond donors (Lipinski definition) is 0. The van der Waals surface area contributed by atoms with E-state index in [9.17, 15) is 21.6 Å². The van der Waals surface area contributed by atoms with Crippen LogP contribution < -0.4 is 14.0 Å². The lowest BCUT2D eigenvalue weighted by Crippen LogP contribution is -2.28. The van der Waals surface area contributed by atoms with Crippen LogP contribution in [0.2, 0.25) is 0 Å². The largest absolute Gasteiger partial charge is 0.534 e. The first-order chi connectivity index (χ1) is 25.7. The number of halogens is 3. The highest BCUT2D eigenvalue weighted by Gasteiger charge is 2.49. The highest BCUT2D eigenvalue weighted by molar-refractivity contribution is 7.88. The third-order valence-corrected chi connectivity index (χ3v) is 9.76. The van der Waals surface area contributed by atoms with Gasteiger partial charge in [-0.15, -0.1) is 0 Å². The smallest absolute Gasteiger partial charge is 0.451 e. The molecule has 8 aromatic rings. The zero-order valence-electron chi connectivity index (χ0n) is 27.8. The van der Waals surface area contributed by atoms with E-state index in [1.54, 1.807) is 6.07 Å². The molecule has 0 spiro atoms. The summed E-state index contributed by atoms with van der Waals surface area (Å²) in [6.07, 6.45) is 0. The molecule has 53 heavy (non-hydrogen) atoms. The molecule has 262 valence electrons. The lowest BCUT2D eigenvalue weighted by molar-refractivity contribution is -0.0499. The van der Waals surface area contributed by atoms with Gasteiger partial charge in [0, 0.05) is 28.3 Å². The fourth-order valence-corrected chi connectivity index (χ4v) is 6.99. The van der Waals surface area contributed by atoms with Gasteiger partial charge in [-0.3, -0.25) is 0 Å². The van der Waals surface area contributed by atoms with E-state index >= 15 is 0 Å². The summed E-state index contributed by atoms with van der Waals surface area (Å²) in [6.45, 7) is 0. The maximum atomic E-state index is 13.8. The second kappa shape index (κ2) is 13.6. The Bertz CT molecular complexity index is 2560. The molecular formula is C43H29F3N2O4S. The Morgan fingerprint density at radius 3 is 1.26 bits per heavy atom. The van der Waals surface area contributed by atoms with Gasteiger partial charge in [0.05, 0.1) is 22.1 Å². The number of anilines is 6. The number of alkyl halides is 3. The zero-order chi connectivity index (χ0) is 36.6. The molecule has 0 saturated heterocycles. The maximum Gasteiger partial charge on any atom is 0.534 e. The van der Waals surface area contributed by atoms with Gasteiger partial charge in [0.2, 0.25) is 0 Å². The Hall–Kier alpha value is -6.52. The van der Waals surface area contributed by atoms with E-state index in [2.05, 4.69) is 0 Å². The van der Waals surface area contributed by atoms with Crippen molar-refractivity contribution in [3.8, 4) is 16.9 Å². The fourth-order valence-electron chi connectivity index (χ4n) is 6.53. The van der Waals surface area contributed by atoms with Gasteiger partial charge >= 0.3 is 15.6 Å². The van der Waals surface area contributed by atoms with Crippen molar-refractivity contribution in [2.24, 2.45) is 0 Å². The van der Waals surface area contributed by atoms with E-state index in [0.717, 1.165) is 28.3 Å². The molecule has 0 aliphatic rings. The van der Waals surface area contributed by atoms with E-state index in [0.29, 0.717) is 33.3 Å². The Morgan fingerprint density at radius 2 is 0.849 bits per heavy atom. The molecule has 0 amide bonds. The number of benzene rings is 7. The highest BCUT2D eigenvalue weighted by atomic mass is 32.2. The van der Waals surface area contributed by atoms with E-state index in [1.807, 2.05) is 174 Å². The highest BCUT2D eigenvalue weighted by Crippen LogP contribution is 2.52. The Labute approximate surface area is 303 Å². The fraction of sp³-hybridized carbons (Fsp3) is 0.0233. The van der Waals surface area contributed by atoms with Gasteiger partial charge in [-0.25, -0.2) is 0 Å². The molecule has 0 unspecified atom stereocenters. The zero-order valence-corrected chi connectivity index (χ0v) is 28.6. The second-order valence-electron chi connectivity index (χ2n) is 12.1. The third-order valence-electron chi connectivity index (χ3n) is 8.80. The van der Waals surface area contributed by atoms with Crippen LogP contribution in [0.4, 0.5) is 47.3 Å². The van der Waals surface area contributed by atoms with Crippen molar-refractivity contribution < 1.29 is 30.2 Å². The quantitative estimate of drug-likeness (QED) is 0.109. The van der Waals surface area contributed by atoms with Crippen molar-refractivity contribution >= 4 is 66.2 Å². The molecule has 0 atom stereocenters. The minimum atomic E-state index is -6.08. The lowest BCUT2D eigenvalue weighted by atomic mass is 9.98. The minimum Gasteiger partial charge on any atom is -0.451 e. The Kier molecular flexibility index (Phi) is 8.60. The summed E-state index contributed by atoms with van der Waals surface area (Å²) in [5.41, 5.74) is 0.140. The Morgan fingerprint density at radius 1 is 0.472 bits per heavy atom. The molecule has 0 fully saturated rings. The Balaban J connectivity index is 1.56. The van der Waals surface area contributed by atoms with Crippen molar-refractivity contribution in [2.45, 2.75) is 5.51 Å². The van der Waals surface area contributed by atoms with Crippen molar-refractivity contribution in [1.82, 2.24) is 0 Å². The predicted molar refractivity (Wildman–Crippen MR) is 204 cm³/mol. The van der Waals surface area contributed by atoms with Crippen LogP contribution in [0.25, 0.3) is 33.1 Å². The summed E-state index contributed by atoms with van der Waals surface area (Å²) >= 11 is 0. The predicted octanol–water partition coefficient (Wildman–Crippen LogP) is 12.4. The normalized spacial score (nSPS) is 11.8. The SMILES string of the molecule is O=S(=O)(Oc1ccc(N(c2ccccc2)c2ccccc2)c2c1oc1c(-c3ccccc3)ccc(N(c3ccccc3)c3ccccc3)c12)C(F)(F)F. The van der Waals surface area contributed by atoms with Crippen LogP contribution in [0.15, 0.2) is 180 Å². The number of fused-ring (bicyclic) bond motifs is 3. The van der Waals surface area contributed by atoms with Crippen LogP contribution in [-0.4, -0.2) is 13.9 Å². The van der Waals surface area contributed by atoms with E-state index in [-0.39, 0.29) is 5.58 Å². The van der Waals surface area contributed by atoms with Gasteiger partial charge in [0.15, 0.2) is 11.3 Å². The molecule has 6 nitrogen and oxygen atoms in total. The topological polar surface area (TPSA) is 63.0 Å². The van der Waals surface area contributed by atoms with Crippen LogP contribution in [0.1, 0.15) is 0 Å². The van der Waals surface area contributed by atoms with Crippen LogP contribution in [0.5, 0.6) is 5.75 Å². The number of nitrogens with zero attached hydrogens (tertiary/aromatic N) is 2. The van der Waals surface area contributed by atoms with Gasteiger partial charge in [0.25, 0.3) is 0 Å². The molecule has 0 radical (unpaired) electrons. The summed E-state index contributed by atoms with van der Waals surface area (Å²) in [5, 5.41) is 0.864. The number of hydrogen-bond acceptors (Lipinski definition) is 6. The molecule has 0 aliphatic carbocycles. The molecule has 0 N–H and O–H groups in total. The summed E-state index contributed by atoms with van der Waals surface area (Å²) in [7, 11) is -6.08. The van der Waals surface area contributed by atoms with Crippen LogP contribution in [0, 0.1) is 0 Å². The first-order valence-electron chi connectivity index (χ1n) is 16.6. The van der Waals surface area contributed by atoms with Crippen molar-refractivity contribution in [3.63, 3.8) is 0 Å². The summed E-state index contributed by atoms with van der Waals surface area (Å²) < 4.78 is 78.2. The monoisotopic (exact) mass is 726 g/mol. The van der Waals surface area contributed by atoms with Crippen LogP contribution in [-0.2, 0) is 10.1 Å². The summed E-state index contributed by atoms with van der Waals surface area (Å²) in [5.74, 6) is -0.603. The standard InChI is InChI=1S/C43H29F3N2O4S/c44-43(45,46)53(49,50)52-38-29-28-37(48(33-22-12-4-13-23-33)34-24-14-5-15-25-34)40-39-36(47(31-18-8-2-9-19-31)32-20-10-3-11-21-32)27-26-35(41(39)51-42(38)40)30-16-6-1-7-17-30/h1-29H. The maximum absolute atomic E-state index is 13.8. The minimum absolute atomic E-state index is 0.173. The van der Waals surface area contributed by atoms with Gasteiger partial charge < -0.3 is 18.4 Å². The number of para-hydroxylation sites is 4. The van der Waals surface area contributed by atoms with Gasteiger partial charge in [-0.2, -0.15) is 21.6 Å². The molecule has 1 heterocycles. The number of furan rings is 1.